The van der Waals surface area contributed by atoms with Crippen LogP contribution in [-0.4, -0.2) is 10.3 Å². The van der Waals surface area contributed by atoms with E-state index in [1.54, 1.807) is 31.2 Å². The molecule has 0 aliphatic heterocycles. The molecule has 0 fully saturated rings. The minimum absolute atomic E-state index is 0.133. The van der Waals surface area contributed by atoms with Crippen LogP contribution in [0.2, 0.25) is 5.02 Å². The zero-order valence-corrected chi connectivity index (χ0v) is 16.1. The summed E-state index contributed by atoms with van der Waals surface area (Å²) in [4.78, 5) is 12.1. The van der Waals surface area contributed by atoms with E-state index in [0.717, 1.165) is 29.2 Å². The molecule has 28 heavy (non-hydrogen) atoms. The van der Waals surface area contributed by atoms with Gasteiger partial charge in [-0.1, -0.05) is 23.7 Å². The van der Waals surface area contributed by atoms with Crippen molar-refractivity contribution in [2.24, 2.45) is 0 Å². The van der Waals surface area contributed by atoms with Gasteiger partial charge in [0.05, 0.1) is 22.7 Å². The Kier molecular flexibility index (Phi) is 5.90. The van der Waals surface area contributed by atoms with Crippen molar-refractivity contribution >= 4 is 34.0 Å². The monoisotopic (exact) mass is 426 g/mol. The molecule has 0 aliphatic carbocycles. The van der Waals surface area contributed by atoms with Gasteiger partial charge in [-0.2, -0.15) is 17.5 Å². The third kappa shape index (κ3) is 5.02. The third-order valence-electron chi connectivity index (χ3n) is 3.75. The Balaban J connectivity index is 1.59. The van der Waals surface area contributed by atoms with Crippen LogP contribution in [0.15, 0.2) is 48.5 Å². The molecule has 146 valence electrons. The second kappa shape index (κ2) is 8.20. The first kappa shape index (κ1) is 20.2. The Hall–Kier alpha value is -2.58. The molecule has 1 N–H and O–H groups in total. The molecule has 4 nitrogen and oxygen atoms in total. The number of nitrogens with one attached hydrogen (secondary N) is 1. The molecule has 1 amide bonds. The van der Waals surface area contributed by atoms with Crippen LogP contribution in [0.3, 0.4) is 0 Å². The largest absolute Gasteiger partial charge is 0.457 e. The summed E-state index contributed by atoms with van der Waals surface area (Å²) in [7, 11) is 0. The van der Waals surface area contributed by atoms with Crippen molar-refractivity contribution in [3.8, 4) is 11.5 Å². The molecule has 0 radical (unpaired) electrons. The summed E-state index contributed by atoms with van der Waals surface area (Å²) in [6.45, 7) is 1.75. The Morgan fingerprint density at radius 3 is 2.18 bits per heavy atom. The fourth-order valence-electron chi connectivity index (χ4n) is 2.32. The number of amides is 1. The van der Waals surface area contributed by atoms with E-state index in [-0.39, 0.29) is 18.1 Å². The first-order valence-corrected chi connectivity index (χ1v) is 9.23. The van der Waals surface area contributed by atoms with Crippen LogP contribution in [0.4, 0.5) is 18.2 Å². The SMILES string of the molecule is Cc1nsc(NC(=O)Cc2ccc(Oc3ccc(C(F)(F)F)cc3)cc2)c1Cl. The topological polar surface area (TPSA) is 51.2 Å². The number of anilines is 1. The molecule has 0 unspecified atom stereocenters. The molecule has 9 heteroatoms. The quantitative estimate of drug-likeness (QED) is 0.536. The van der Waals surface area contributed by atoms with Gasteiger partial charge in [0, 0.05) is 0 Å². The number of rotatable bonds is 5. The molecule has 0 saturated heterocycles. The van der Waals surface area contributed by atoms with E-state index in [0.29, 0.717) is 21.5 Å². The Labute approximate surface area is 168 Å². The molecular formula is C19H14ClF3N2O2S. The summed E-state index contributed by atoms with van der Waals surface area (Å²) in [5.41, 5.74) is 0.666. The van der Waals surface area contributed by atoms with Crippen LogP contribution in [0, 0.1) is 6.92 Å². The maximum Gasteiger partial charge on any atom is 0.416 e. The zero-order valence-electron chi connectivity index (χ0n) is 14.5. The van der Waals surface area contributed by atoms with Crippen LogP contribution in [0.5, 0.6) is 11.5 Å². The minimum Gasteiger partial charge on any atom is -0.457 e. The van der Waals surface area contributed by atoms with Gasteiger partial charge in [0.2, 0.25) is 5.91 Å². The standard InChI is InChI=1S/C19H14ClF3N2O2S/c1-11-17(20)18(28-25-11)24-16(26)10-12-2-6-14(7-3-12)27-15-8-4-13(5-9-15)19(21,22)23/h2-9H,10H2,1H3,(H,24,26). The van der Waals surface area contributed by atoms with Crippen molar-refractivity contribution in [3.63, 3.8) is 0 Å². The van der Waals surface area contributed by atoms with Gasteiger partial charge in [-0.25, -0.2) is 0 Å². The number of halogens is 4. The van der Waals surface area contributed by atoms with Gasteiger partial charge in [0.25, 0.3) is 0 Å². The number of carbonyl (C=O) groups excluding carboxylic acids is 1. The van der Waals surface area contributed by atoms with Crippen molar-refractivity contribution in [2.75, 3.05) is 5.32 Å². The first-order chi connectivity index (χ1) is 13.2. The van der Waals surface area contributed by atoms with E-state index in [9.17, 15) is 18.0 Å². The van der Waals surface area contributed by atoms with Crippen molar-refractivity contribution in [3.05, 3.63) is 70.4 Å². The lowest BCUT2D eigenvalue weighted by atomic mass is 10.1. The second-order valence-electron chi connectivity index (χ2n) is 5.90. The van der Waals surface area contributed by atoms with Gasteiger partial charge >= 0.3 is 6.18 Å². The number of hydrogen-bond donors (Lipinski definition) is 1. The second-order valence-corrected chi connectivity index (χ2v) is 7.06. The molecule has 0 bridgehead atoms. The predicted octanol–water partition coefficient (Wildman–Crippen LogP) is 6.10. The summed E-state index contributed by atoms with van der Waals surface area (Å²) < 4.78 is 47.3. The normalized spacial score (nSPS) is 11.3. The summed E-state index contributed by atoms with van der Waals surface area (Å²) in [6, 6.07) is 11.1. The molecule has 0 aliphatic rings. The highest BCUT2D eigenvalue weighted by molar-refractivity contribution is 7.11. The number of alkyl halides is 3. The lowest BCUT2D eigenvalue weighted by Gasteiger charge is -2.09. The molecule has 1 heterocycles. The zero-order chi connectivity index (χ0) is 20.3. The average Bonchev–Trinajstić information content (AvgIpc) is 2.95. The van der Waals surface area contributed by atoms with E-state index in [1.807, 2.05) is 0 Å². The number of ether oxygens (including phenoxy) is 1. The number of hydrogen-bond acceptors (Lipinski definition) is 4. The molecular weight excluding hydrogens is 413 g/mol. The summed E-state index contributed by atoms with van der Waals surface area (Å²) >= 11 is 7.16. The van der Waals surface area contributed by atoms with Crippen LogP contribution in [-0.2, 0) is 17.4 Å². The van der Waals surface area contributed by atoms with Gasteiger partial charge in [-0.15, -0.1) is 0 Å². The first-order valence-electron chi connectivity index (χ1n) is 8.08. The van der Waals surface area contributed by atoms with E-state index >= 15 is 0 Å². The fourth-order valence-corrected chi connectivity index (χ4v) is 3.27. The lowest BCUT2D eigenvalue weighted by molar-refractivity contribution is -0.137. The number of nitrogens with zero attached hydrogens (tertiary/aromatic N) is 1. The van der Waals surface area contributed by atoms with Crippen molar-refractivity contribution in [2.45, 2.75) is 19.5 Å². The molecule has 0 atom stereocenters. The van der Waals surface area contributed by atoms with Gasteiger partial charge in [0.1, 0.15) is 16.5 Å². The van der Waals surface area contributed by atoms with Crippen molar-refractivity contribution in [1.29, 1.82) is 0 Å². The molecule has 0 saturated carbocycles. The minimum atomic E-state index is -4.39. The molecule has 0 spiro atoms. The maximum atomic E-state index is 12.6. The van der Waals surface area contributed by atoms with Crippen molar-refractivity contribution in [1.82, 2.24) is 4.37 Å². The van der Waals surface area contributed by atoms with E-state index < -0.39 is 11.7 Å². The van der Waals surface area contributed by atoms with E-state index in [1.165, 1.54) is 12.1 Å². The molecule has 2 aromatic carbocycles. The molecule has 3 rings (SSSR count). The predicted molar refractivity (Wildman–Crippen MR) is 102 cm³/mol. The van der Waals surface area contributed by atoms with Crippen LogP contribution >= 0.6 is 23.1 Å². The summed E-state index contributed by atoms with van der Waals surface area (Å²) in [6.07, 6.45) is -4.25. The van der Waals surface area contributed by atoms with Gasteiger partial charge in [-0.05, 0) is 60.4 Å². The third-order valence-corrected chi connectivity index (χ3v) is 5.18. The van der Waals surface area contributed by atoms with Crippen LogP contribution < -0.4 is 10.1 Å². The van der Waals surface area contributed by atoms with E-state index in [2.05, 4.69) is 9.69 Å². The van der Waals surface area contributed by atoms with Gasteiger partial charge in [-0.3, -0.25) is 4.79 Å². The fraction of sp³-hybridized carbons (Fsp3) is 0.158. The van der Waals surface area contributed by atoms with Crippen LogP contribution in [0.1, 0.15) is 16.8 Å². The molecule has 1 aromatic heterocycles. The lowest BCUT2D eigenvalue weighted by Crippen LogP contribution is -2.13. The average molecular weight is 427 g/mol. The smallest absolute Gasteiger partial charge is 0.416 e. The Morgan fingerprint density at radius 1 is 1.11 bits per heavy atom. The van der Waals surface area contributed by atoms with Crippen LogP contribution in [0.25, 0.3) is 0 Å². The number of benzene rings is 2. The summed E-state index contributed by atoms with van der Waals surface area (Å²) in [5, 5.41) is 3.65. The number of carbonyl (C=O) groups is 1. The van der Waals surface area contributed by atoms with Gasteiger partial charge < -0.3 is 10.1 Å². The highest BCUT2D eigenvalue weighted by Crippen LogP contribution is 2.32. The van der Waals surface area contributed by atoms with E-state index in [4.69, 9.17) is 16.3 Å². The Morgan fingerprint density at radius 2 is 1.68 bits per heavy atom. The highest BCUT2D eigenvalue weighted by Gasteiger charge is 2.30. The van der Waals surface area contributed by atoms with Gasteiger partial charge in [0.15, 0.2) is 0 Å². The number of aromatic nitrogens is 1. The Bertz CT molecular complexity index is 970. The highest BCUT2D eigenvalue weighted by atomic mass is 35.5. The summed E-state index contributed by atoms with van der Waals surface area (Å²) in [5.74, 6) is 0.501. The maximum absolute atomic E-state index is 12.6. The number of aryl methyl sites for hydroxylation is 1. The van der Waals surface area contributed by atoms with Crippen molar-refractivity contribution < 1.29 is 22.7 Å². The molecule has 3 aromatic rings.